The molecular formula is C26H29ClN6O2. The summed E-state index contributed by atoms with van der Waals surface area (Å²) in [6.45, 7) is 6.40. The molecule has 1 amide bonds. The van der Waals surface area contributed by atoms with Crippen molar-refractivity contribution in [2.45, 2.75) is 38.8 Å². The third-order valence-electron chi connectivity index (χ3n) is 6.73. The van der Waals surface area contributed by atoms with Gasteiger partial charge < -0.3 is 14.5 Å². The van der Waals surface area contributed by atoms with Gasteiger partial charge in [0.2, 0.25) is 11.9 Å². The van der Waals surface area contributed by atoms with Gasteiger partial charge in [0.15, 0.2) is 11.5 Å². The Morgan fingerprint density at radius 2 is 1.97 bits per heavy atom. The first-order valence-electron chi connectivity index (χ1n) is 11.9. The van der Waals surface area contributed by atoms with E-state index in [1.54, 1.807) is 7.11 Å². The van der Waals surface area contributed by atoms with Crippen molar-refractivity contribution < 1.29 is 9.53 Å². The van der Waals surface area contributed by atoms with E-state index < -0.39 is 0 Å². The SMILES string of the molecule is CC[C@H](C(=O)N1CCN(c2nc3cc(Cl)ccc3c3nnc(COC)n23)C[C@H]1C)c1ccccc1. The molecule has 0 bridgehead atoms. The fraction of sp³-hybridized carbons (Fsp3) is 0.385. The molecule has 1 aliphatic rings. The third kappa shape index (κ3) is 4.32. The van der Waals surface area contributed by atoms with Crippen molar-refractivity contribution in [1.29, 1.82) is 0 Å². The molecule has 0 unspecified atom stereocenters. The summed E-state index contributed by atoms with van der Waals surface area (Å²) in [5.41, 5.74) is 2.55. The van der Waals surface area contributed by atoms with Crippen LogP contribution in [-0.2, 0) is 16.1 Å². The predicted octanol–water partition coefficient (Wildman–Crippen LogP) is 4.31. The largest absolute Gasteiger partial charge is 0.377 e. The maximum atomic E-state index is 13.5. The number of nitrogens with zero attached hydrogens (tertiary/aromatic N) is 6. The summed E-state index contributed by atoms with van der Waals surface area (Å²) in [6, 6.07) is 15.7. The number of piperazine rings is 1. The zero-order chi connectivity index (χ0) is 24.5. The van der Waals surface area contributed by atoms with Crippen molar-refractivity contribution in [3.63, 3.8) is 0 Å². The van der Waals surface area contributed by atoms with Crippen LogP contribution in [0.2, 0.25) is 5.02 Å². The summed E-state index contributed by atoms with van der Waals surface area (Å²) in [5.74, 6) is 1.46. The zero-order valence-corrected chi connectivity index (χ0v) is 20.9. The minimum Gasteiger partial charge on any atom is -0.377 e. The molecule has 4 aromatic rings. The normalized spacial score (nSPS) is 17.3. The van der Waals surface area contributed by atoms with E-state index in [1.807, 2.05) is 57.8 Å². The molecule has 1 aliphatic heterocycles. The van der Waals surface area contributed by atoms with Gasteiger partial charge in [-0.05, 0) is 37.1 Å². The lowest BCUT2D eigenvalue weighted by Crippen LogP contribution is -2.55. The van der Waals surface area contributed by atoms with Crippen LogP contribution in [0.3, 0.4) is 0 Å². The number of fused-ring (bicyclic) bond motifs is 3. The van der Waals surface area contributed by atoms with E-state index in [1.165, 1.54) is 0 Å². The highest BCUT2D eigenvalue weighted by Gasteiger charge is 2.33. The number of anilines is 1. The van der Waals surface area contributed by atoms with Crippen LogP contribution >= 0.6 is 11.6 Å². The minimum absolute atomic E-state index is 0.0169. The molecule has 1 saturated heterocycles. The summed E-state index contributed by atoms with van der Waals surface area (Å²) < 4.78 is 7.34. The molecule has 8 nitrogen and oxygen atoms in total. The number of amides is 1. The van der Waals surface area contributed by atoms with Gasteiger partial charge in [-0.3, -0.25) is 4.79 Å². The summed E-state index contributed by atoms with van der Waals surface area (Å²) in [4.78, 5) is 22.7. The van der Waals surface area contributed by atoms with Gasteiger partial charge in [0.25, 0.3) is 0 Å². The first kappa shape index (κ1) is 23.5. The first-order chi connectivity index (χ1) is 17.0. The quantitative estimate of drug-likeness (QED) is 0.399. The molecule has 0 N–H and O–H groups in total. The molecular weight excluding hydrogens is 464 g/mol. The van der Waals surface area contributed by atoms with Crippen LogP contribution < -0.4 is 4.90 Å². The Morgan fingerprint density at radius 1 is 1.17 bits per heavy atom. The van der Waals surface area contributed by atoms with Crippen LogP contribution in [0.15, 0.2) is 48.5 Å². The first-order valence-corrected chi connectivity index (χ1v) is 12.3. The number of hydrogen-bond acceptors (Lipinski definition) is 6. The Morgan fingerprint density at radius 3 is 2.69 bits per heavy atom. The monoisotopic (exact) mass is 492 g/mol. The van der Waals surface area contributed by atoms with Crippen LogP contribution in [0.1, 0.15) is 37.6 Å². The third-order valence-corrected chi connectivity index (χ3v) is 6.96. The Bertz CT molecular complexity index is 1360. The molecule has 182 valence electrons. The zero-order valence-electron chi connectivity index (χ0n) is 20.2. The molecule has 0 radical (unpaired) electrons. The van der Waals surface area contributed by atoms with Gasteiger partial charge in [0.05, 0.1) is 11.4 Å². The molecule has 2 atom stereocenters. The second kappa shape index (κ2) is 9.79. The van der Waals surface area contributed by atoms with E-state index in [0.717, 1.165) is 34.5 Å². The molecule has 0 spiro atoms. The van der Waals surface area contributed by atoms with Crippen molar-refractivity contribution in [3.8, 4) is 0 Å². The van der Waals surface area contributed by atoms with Gasteiger partial charge in [0.1, 0.15) is 6.61 Å². The second-order valence-electron chi connectivity index (χ2n) is 8.98. The molecule has 35 heavy (non-hydrogen) atoms. The fourth-order valence-electron chi connectivity index (χ4n) is 4.99. The molecule has 5 rings (SSSR count). The van der Waals surface area contributed by atoms with Crippen molar-refractivity contribution >= 4 is 40.0 Å². The lowest BCUT2D eigenvalue weighted by Gasteiger charge is -2.41. The highest BCUT2D eigenvalue weighted by molar-refractivity contribution is 6.31. The van der Waals surface area contributed by atoms with Crippen LogP contribution in [0.5, 0.6) is 0 Å². The van der Waals surface area contributed by atoms with E-state index in [-0.39, 0.29) is 17.9 Å². The number of hydrogen-bond donors (Lipinski definition) is 0. The summed E-state index contributed by atoms with van der Waals surface area (Å²) in [5, 5.41) is 10.3. The Labute approximate surface area is 209 Å². The number of carbonyl (C=O) groups is 1. The molecule has 2 aromatic heterocycles. The lowest BCUT2D eigenvalue weighted by molar-refractivity contribution is -0.135. The lowest BCUT2D eigenvalue weighted by atomic mass is 9.94. The van der Waals surface area contributed by atoms with E-state index in [0.29, 0.717) is 37.1 Å². The Hall–Kier alpha value is -3.23. The van der Waals surface area contributed by atoms with Gasteiger partial charge in [-0.1, -0.05) is 48.9 Å². The fourth-order valence-corrected chi connectivity index (χ4v) is 5.15. The number of methoxy groups -OCH3 is 1. The van der Waals surface area contributed by atoms with Crippen LogP contribution in [0.25, 0.3) is 16.6 Å². The average Bonchev–Trinajstić information content (AvgIpc) is 3.28. The highest BCUT2D eigenvalue weighted by Crippen LogP contribution is 2.29. The van der Waals surface area contributed by atoms with Crippen molar-refractivity contribution in [3.05, 3.63) is 64.9 Å². The Balaban J connectivity index is 1.47. The second-order valence-corrected chi connectivity index (χ2v) is 9.42. The number of rotatable bonds is 6. The van der Waals surface area contributed by atoms with E-state index in [2.05, 4.69) is 28.9 Å². The van der Waals surface area contributed by atoms with Crippen molar-refractivity contribution in [1.82, 2.24) is 24.5 Å². The van der Waals surface area contributed by atoms with Gasteiger partial charge in [-0.25, -0.2) is 9.38 Å². The number of carbonyl (C=O) groups excluding carboxylic acids is 1. The van der Waals surface area contributed by atoms with E-state index >= 15 is 0 Å². The smallest absolute Gasteiger partial charge is 0.230 e. The summed E-state index contributed by atoms with van der Waals surface area (Å²) in [6.07, 6.45) is 0.768. The molecule has 3 heterocycles. The standard InChI is InChI=1S/C26H29ClN6O2/c1-4-20(18-8-6-5-7-9-18)25(34)32-13-12-31(15-17(32)2)26-28-22-14-19(27)10-11-21(22)24-30-29-23(16-35-3)33(24)26/h5-11,14,17,20H,4,12-13,15-16H2,1-3H3/t17-,20+/m1/s1. The maximum Gasteiger partial charge on any atom is 0.230 e. The van der Waals surface area contributed by atoms with Gasteiger partial charge in [0, 0.05) is 43.2 Å². The molecule has 1 fully saturated rings. The average molecular weight is 493 g/mol. The molecule has 0 saturated carbocycles. The van der Waals surface area contributed by atoms with Crippen molar-refractivity contribution in [2.75, 3.05) is 31.6 Å². The number of halogens is 1. The van der Waals surface area contributed by atoms with E-state index in [4.69, 9.17) is 21.3 Å². The number of aromatic nitrogens is 4. The van der Waals surface area contributed by atoms with Crippen LogP contribution in [0, 0.1) is 0 Å². The molecule has 9 heteroatoms. The van der Waals surface area contributed by atoms with Gasteiger partial charge in [-0.2, -0.15) is 0 Å². The van der Waals surface area contributed by atoms with Crippen LogP contribution in [0.4, 0.5) is 5.95 Å². The van der Waals surface area contributed by atoms with Gasteiger partial charge >= 0.3 is 0 Å². The van der Waals surface area contributed by atoms with Gasteiger partial charge in [-0.15, -0.1) is 10.2 Å². The molecule has 0 aliphatic carbocycles. The number of benzene rings is 2. The number of ether oxygens (including phenoxy) is 1. The minimum atomic E-state index is -0.135. The molecule has 2 aromatic carbocycles. The predicted molar refractivity (Wildman–Crippen MR) is 137 cm³/mol. The highest BCUT2D eigenvalue weighted by atomic mass is 35.5. The Kier molecular flexibility index (Phi) is 6.58. The summed E-state index contributed by atoms with van der Waals surface area (Å²) in [7, 11) is 1.64. The topological polar surface area (TPSA) is 75.9 Å². The van der Waals surface area contributed by atoms with Crippen molar-refractivity contribution in [2.24, 2.45) is 0 Å². The van der Waals surface area contributed by atoms with Crippen LogP contribution in [-0.4, -0.2) is 63.2 Å². The van der Waals surface area contributed by atoms with E-state index in [9.17, 15) is 4.79 Å². The summed E-state index contributed by atoms with van der Waals surface area (Å²) >= 11 is 6.27. The maximum absolute atomic E-state index is 13.5.